The molecular weight excluding hydrogens is 319 g/mol. The van der Waals surface area contributed by atoms with Crippen LogP contribution in [0.15, 0.2) is 18.2 Å². The highest BCUT2D eigenvalue weighted by Crippen LogP contribution is 2.35. The van der Waals surface area contributed by atoms with E-state index >= 15 is 0 Å². The zero-order chi connectivity index (χ0) is 16.3. The van der Waals surface area contributed by atoms with Gasteiger partial charge < -0.3 is 9.64 Å². The van der Waals surface area contributed by atoms with Gasteiger partial charge in [-0.05, 0) is 18.1 Å². The predicted molar refractivity (Wildman–Crippen MR) is 76.6 cm³/mol. The minimum Gasteiger partial charge on any atom is -0.432 e. The smallest absolute Gasteiger partial charge is 0.387 e. The molecule has 1 saturated heterocycles. The molecule has 1 heterocycles. The van der Waals surface area contributed by atoms with Gasteiger partial charge in [0.25, 0.3) is 0 Å². The predicted octanol–water partition coefficient (Wildman–Crippen LogP) is 3.06. The van der Waals surface area contributed by atoms with Gasteiger partial charge in [-0.3, -0.25) is 9.59 Å². The van der Waals surface area contributed by atoms with E-state index in [2.05, 4.69) is 4.74 Å². The Balaban J connectivity index is 2.17. The molecule has 1 amide bonds. The van der Waals surface area contributed by atoms with Crippen LogP contribution in [0.25, 0.3) is 0 Å². The van der Waals surface area contributed by atoms with E-state index in [0.29, 0.717) is 5.75 Å². The zero-order valence-corrected chi connectivity index (χ0v) is 12.5. The first kappa shape index (κ1) is 16.7. The molecule has 0 bridgehead atoms. The van der Waals surface area contributed by atoms with Crippen molar-refractivity contribution >= 4 is 28.5 Å². The topological polar surface area (TPSA) is 46.6 Å². The Kier molecular flexibility index (Phi) is 5.33. The highest BCUT2D eigenvalue weighted by Gasteiger charge is 2.32. The Labute approximate surface area is 129 Å². The number of nitrogens with zero attached hydrogens (tertiary/aromatic N) is 1. The lowest BCUT2D eigenvalue weighted by Gasteiger charge is -2.20. The first-order valence-electron chi connectivity index (χ1n) is 6.55. The Morgan fingerprint density at radius 2 is 2.23 bits per heavy atom. The third-order valence-corrected chi connectivity index (χ3v) is 4.20. The van der Waals surface area contributed by atoms with E-state index in [-0.39, 0.29) is 41.3 Å². The highest BCUT2D eigenvalue weighted by molar-refractivity contribution is 8.13. The monoisotopic (exact) mass is 333 g/mol. The van der Waals surface area contributed by atoms with Gasteiger partial charge >= 0.3 is 6.61 Å². The summed E-state index contributed by atoms with van der Waals surface area (Å²) >= 11 is 1.12. The second-order valence-electron chi connectivity index (χ2n) is 4.87. The van der Waals surface area contributed by atoms with Gasteiger partial charge in [-0.1, -0.05) is 11.8 Å². The number of anilines is 1. The van der Waals surface area contributed by atoms with Crippen molar-refractivity contribution in [2.24, 2.45) is 5.92 Å². The summed E-state index contributed by atoms with van der Waals surface area (Å²) in [7, 11) is 0. The lowest BCUT2D eigenvalue weighted by atomic mass is 10.1. The third kappa shape index (κ3) is 4.16. The van der Waals surface area contributed by atoms with E-state index in [9.17, 15) is 22.8 Å². The van der Waals surface area contributed by atoms with Crippen molar-refractivity contribution in [2.75, 3.05) is 17.2 Å². The fraction of sp³-hybridized carbons (Fsp3) is 0.429. The summed E-state index contributed by atoms with van der Waals surface area (Å²) in [5.41, 5.74) is 0.113. The van der Waals surface area contributed by atoms with Crippen LogP contribution in [0.3, 0.4) is 0 Å². The van der Waals surface area contributed by atoms with E-state index in [0.717, 1.165) is 23.9 Å². The van der Waals surface area contributed by atoms with Gasteiger partial charge in [-0.25, -0.2) is 4.39 Å². The molecule has 0 saturated carbocycles. The fourth-order valence-electron chi connectivity index (χ4n) is 2.26. The molecule has 0 aromatic heterocycles. The average molecular weight is 333 g/mol. The maximum atomic E-state index is 13.2. The number of halogens is 3. The number of thioether (sulfide) groups is 1. The molecule has 1 fully saturated rings. The second-order valence-corrected chi connectivity index (χ2v) is 6.06. The Morgan fingerprint density at radius 3 is 2.86 bits per heavy atom. The average Bonchev–Trinajstić information content (AvgIpc) is 2.77. The van der Waals surface area contributed by atoms with Gasteiger partial charge in [0.1, 0.15) is 5.82 Å². The molecule has 4 nitrogen and oxygen atoms in total. The minimum absolute atomic E-state index is 0.0468. The Morgan fingerprint density at radius 1 is 1.50 bits per heavy atom. The Bertz CT molecular complexity index is 582. The molecule has 1 aliphatic rings. The lowest BCUT2D eigenvalue weighted by molar-refractivity contribution is -0.117. The molecule has 0 radical (unpaired) electrons. The Hall–Kier alpha value is -1.70. The molecule has 0 spiro atoms. The van der Waals surface area contributed by atoms with Gasteiger partial charge in [0, 0.05) is 31.7 Å². The van der Waals surface area contributed by atoms with E-state index in [1.54, 1.807) is 0 Å². The standard InChI is InChI=1S/C14H14F3NO3S/c1-8(19)22-7-9-4-13(20)18(6-9)11-3-2-10(15)5-12(11)21-14(16)17/h2-3,5,9,14H,4,6-7H2,1H3. The van der Waals surface area contributed by atoms with Crippen LogP contribution in [0.1, 0.15) is 13.3 Å². The van der Waals surface area contributed by atoms with Crippen LogP contribution in [0.2, 0.25) is 0 Å². The zero-order valence-electron chi connectivity index (χ0n) is 11.7. The van der Waals surface area contributed by atoms with Crippen molar-refractivity contribution in [3.63, 3.8) is 0 Å². The number of benzene rings is 1. The van der Waals surface area contributed by atoms with E-state index in [1.807, 2.05) is 0 Å². The van der Waals surface area contributed by atoms with Crippen LogP contribution in [-0.4, -0.2) is 29.9 Å². The number of rotatable bonds is 5. The third-order valence-electron chi connectivity index (χ3n) is 3.16. The quantitative estimate of drug-likeness (QED) is 0.831. The van der Waals surface area contributed by atoms with Crippen LogP contribution in [0, 0.1) is 11.7 Å². The van der Waals surface area contributed by atoms with Crippen molar-refractivity contribution < 1.29 is 27.5 Å². The molecule has 1 aliphatic heterocycles. The molecule has 0 aliphatic carbocycles. The first-order chi connectivity index (χ1) is 10.4. The summed E-state index contributed by atoms with van der Waals surface area (Å²) in [6.45, 7) is -1.39. The van der Waals surface area contributed by atoms with E-state index in [4.69, 9.17) is 0 Å². The van der Waals surface area contributed by atoms with Crippen molar-refractivity contribution in [2.45, 2.75) is 20.0 Å². The number of carbonyl (C=O) groups is 2. The summed E-state index contributed by atoms with van der Waals surface area (Å²) < 4.78 is 42.3. The van der Waals surface area contributed by atoms with Crippen LogP contribution >= 0.6 is 11.8 Å². The van der Waals surface area contributed by atoms with Crippen LogP contribution in [0.5, 0.6) is 5.75 Å². The summed E-state index contributed by atoms with van der Waals surface area (Å²) in [5.74, 6) is -0.951. The van der Waals surface area contributed by atoms with E-state index in [1.165, 1.54) is 17.9 Å². The summed E-state index contributed by atoms with van der Waals surface area (Å²) in [5, 5.41) is -0.0468. The van der Waals surface area contributed by atoms with Gasteiger partial charge in [-0.2, -0.15) is 8.78 Å². The molecule has 1 atom stereocenters. The molecule has 2 rings (SSSR count). The summed E-state index contributed by atoms with van der Waals surface area (Å²) in [6, 6.07) is 3.15. The minimum atomic E-state index is -3.11. The largest absolute Gasteiger partial charge is 0.432 e. The molecule has 0 N–H and O–H groups in total. The number of hydrogen-bond acceptors (Lipinski definition) is 4. The molecule has 22 heavy (non-hydrogen) atoms. The number of hydrogen-bond donors (Lipinski definition) is 0. The first-order valence-corrected chi connectivity index (χ1v) is 7.53. The summed E-state index contributed by atoms with van der Waals surface area (Å²) in [4.78, 5) is 24.3. The van der Waals surface area contributed by atoms with Crippen LogP contribution < -0.4 is 9.64 Å². The van der Waals surface area contributed by atoms with Crippen molar-refractivity contribution in [3.05, 3.63) is 24.0 Å². The highest BCUT2D eigenvalue weighted by atomic mass is 32.2. The van der Waals surface area contributed by atoms with Crippen molar-refractivity contribution in [1.82, 2.24) is 0 Å². The molecule has 1 unspecified atom stereocenters. The maximum absolute atomic E-state index is 13.2. The van der Waals surface area contributed by atoms with Gasteiger partial charge in [0.05, 0.1) is 5.69 Å². The normalized spacial score (nSPS) is 18.1. The number of carbonyl (C=O) groups excluding carboxylic acids is 2. The second kappa shape index (κ2) is 7.04. The van der Waals surface area contributed by atoms with Gasteiger partial charge in [0.2, 0.25) is 5.91 Å². The number of ether oxygens (including phenoxy) is 1. The van der Waals surface area contributed by atoms with Crippen LogP contribution in [0.4, 0.5) is 18.9 Å². The lowest BCUT2D eigenvalue weighted by Crippen LogP contribution is -2.25. The fourth-order valence-corrected chi connectivity index (χ4v) is 2.96. The van der Waals surface area contributed by atoms with Crippen molar-refractivity contribution in [1.29, 1.82) is 0 Å². The summed E-state index contributed by atoms with van der Waals surface area (Å²) in [6.07, 6.45) is 0.214. The molecule has 8 heteroatoms. The molecule has 120 valence electrons. The molecular formula is C14H14F3NO3S. The van der Waals surface area contributed by atoms with E-state index < -0.39 is 12.4 Å². The molecule has 1 aromatic rings. The maximum Gasteiger partial charge on any atom is 0.387 e. The number of amides is 1. The van der Waals surface area contributed by atoms with Gasteiger partial charge in [0.15, 0.2) is 10.9 Å². The van der Waals surface area contributed by atoms with Crippen LogP contribution in [-0.2, 0) is 9.59 Å². The van der Waals surface area contributed by atoms with Crippen molar-refractivity contribution in [3.8, 4) is 5.75 Å². The number of alkyl halides is 2. The van der Waals surface area contributed by atoms with Gasteiger partial charge in [-0.15, -0.1) is 0 Å². The molecule has 1 aromatic carbocycles. The SMILES string of the molecule is CC(=O)SCC1CC(=O)N(c2ccc(F)cc2OC(F)F)C1.